The van der Waals surface area contributed by atoms with E-state index in [2.05, 4.69) is 15.3 Å². The Bertz CT molecular complexity index is 485. The third-order valence-corrected chi connectivity index (χ3v) is 6.01. The van der Waals surface area contributed by atoms with Crippen molar-refractivity contribution in [3.05, 3.63) is 12.0 Å². The Morgan fingerprint density at radius 1 is 1.10 bits per heavy atom. The maximum absolute atomic E-state index is 6.06. The van der Waals surface area contributed by atoms with Crippen molar-refractivity contribution >= 4 is 11.5 Å². The van der Waals surface area contributed by atoms with Crippen LogP contribution in [0.25, 0.3) is 0 Å². The lowest BCUT2D eigenvalue weighted by Crippen LogP contribution is -2.47. The minimum atomic E-state index is 0.705. The van der Waals surface area contributed by atoms with Gasteiger partial charge in [-0.1, -0.05) is 0 Å². The summed E-state index contributed by atoms with van der Waals surface area (Å²) >= 11 is 0. The summed E-state index contributed by atoms with van der Waals surface area (Å²) in [5.74, 6) is 5.63. The van der Waals surface area contributed by atoms with Gasteiger partial charge in [-0.15, -0.1) is 0 Å². The van der Waals surface area contributed by atoms with Crippen LogP contribution < -0.4 is 11.1 Å². The lowest BCUT2D eigenvalue weighted by molar-refractivity contribution is -0.0305. The number of rotatable bonds is 3. The van der Waals surface area contributed by atoms with E-state index in [4.69, 9.17) is 5.73 Å². The summed E-state index contributed by atoms with van der Waals surface area (Å²) in [5, 5.41) is 3.51. The van der Waals surface area contributed by atoms with E-state index in [1.54, 1.807) is 6.33 Å². The van der Waals surface area contributed by atoms with E-state index in [-0.39, 0.29) is 0 Å². The smallest absolute Gasteiger partial charge is 0.152 e. The molecule has 0 aliphatic heterocycles. The van der Waals surface area contributed by atoms with Crippen LogP contribution in [-0.4, -0.2) is 16.5 Å². The largest absolute Gasteiger partial charge is 0.394 e. The molecule has 1 aromatic rings. The number of anilines is 2. The highest BCUT2D eigenvalue weighted by Gasteiger charge is 2.47. The molecule has 4 aliphatic carbocycles. The van der Waals surface area contributed by atoms with E-state index < -0.39 is 0 Å². The van der Waals surface area contributed by atoms with Gasteiger partial charge < -0.3 is 11.1 Å². The molecule has 0 saturated heterocycles. The van der Waals surface area contributed by atoms with Crippen molar-refractivity contribution in [2.24, 2.45) is 29.6 Å². The maximum Gasteiger partial charge on any atom is 0.152 e. The number of nitrogens with zero attached hydrogens (tertiary/aromatic N) is 2. The van der Waals surface area contributed by atoms with Crippen LogP contribution in [0.15, 0.2) is 6.33 Å². The number of hydrogen-bond acceptors (Lipinski definition) is 4. The Morgan fingerprint density at radius 2 is 1.75 bits per heavy atom. The van der Waals surface area contributed by atoms with Crippen molar-refractivity contribution in [2.45, 2.75) is 39.0 Å². The molecule has 4 fully saturated rings. The van der Waals surface area contributed by atoms with Crippen LogP contribution >= 0.6 is 0 Å². The Morgan fingerprint density at radius 3 is 2.40 bits per heavy atom. The second kappa shape index (κ2) is 4.61. The Balaban J connectivity index is 1.46. The lowest BCUT2D eigenvalue weighted by atomic mass is 9.52. The quantitative estimate of drug-likeness (QED) is 0.888. The summed E-state index contributed by atoms with van der Waals surface area (Å²) in [6.07, 6.45) is 9.00. The molecule has 0 radical (unpaired) electrons. The predicted octanol–water partition coefficient (Wildman–Crippen LogP) is 2.85. The van der Waals surface area contributed by atoms with E-state index in [0.717, 1.165) is 47.6 Å². The average Bonchev–Trinajstić information content (AvgIpc) is 2.41. The minimum Gasteiger partial charge on any atom is -0.394 e. The van der Waals surface area contributed by atoms with Gasteiger partial charge in [0.15, 0.2) is 5.82 Å². The molecule has 5 rings (SSSR count). The number of aromatic nitrogens is 2. The predicted molar refractivity (Wildman–Crippen MR) is 80.2 cm³/mol. The minimum absolute atomic E-state index is 0.705. The van der Waals surface area contributed by atoms with Gasteiger partial charge in [0.05, 0.1) is 11.4 Å². The van der Waals surface area contributed by atoms with Crippen molar-refractivity contribution in [2.75, 3.05) is 17.6 Å². The van der Waals surface area contributed by atoms with Crippen LogP contribution in [0, 0.1) is 36.5 Å². The first-order valence-corrected chi connectivity index (χ1v) is 8.01. The highest BCUT2D eigenvalue weighted by Crippen LogP contribution is 2.56. The Hall–Kier alpha value is -1.32. The summed E-state index contributed by atoms with van der Waals surface area (Å²) in [7, 11) is 0. The summed E-state index contributed by atoms with van der Waals surface area (Å²) in [6, 6.07) is 0. The molecule has 4 saturated carbocycles. The van der Waals surface area contributed by atoms with Gasteiger partial charge in [-0.2, -0.15) is 0 Å². The molecule has 1 heterocycles. The number of nitrogens with one attached hydrogen (secondary N) is 1. The summed E-state index contributed by atoms with van der Waals surface area (Å²) in [4.78, 5) is 8.42. The number of nitrogen functional groups attached to an aromatic ring is 1. The fourth-order valence-corrected chi connectivity index (χ4v) is 5.21. The van der Waals surface area contributed by atoms with E-state index in [0.29, 0.717) is 5.69 Å². The molecular weight excluding hydrogens is 248 g/mol. The van der Waals surface area contributed by atoms with Crippen LogP contribution in [-0.2, 0) is 0 Å². The van der Waals surface area contributed by atoms with Gasteiger partial charge in [-0.3, -0.25) is 0 Å². The lowest BCUT2D eigenvalue weighted by Gasteiger charge is -2.54. The van der Waals surface area contributed by atoms with Crippen molar-refractivity contribution in [3.63, 3.8) is 0 Å². The van der Waals surface area contributed by atoms with Gasteiger partial charge in [0, 0.05) is 6.54 Å². The zero-order valence-electron chi connectivity index (χ0n) is 12.2. The molecule has 20 heavy (non-hydrogen) atoms. The van der Waals surface area contributed by atoms with Gasteiger partial charge in [0.1, 0.15) is 6.33 Å². The standard InChI is InChI=1S/C16H24N4/c1-9-15(17)16(20-8-19-9)18-7-14-12-3-10-2-11(5-12)6-13(14)4-10/h8,10-14H,2-7,17H2,1H3,(H,18,19,20). The fourth-order valence-electron chi connectivity index (χ4n) is 5.21. The zero-order valence-corrected chi connectivity index (χ0v) is 12.2. The molecule has 3 N–H and O–H groups in total. The molecule has 0 atom stereocenters. The molecule has 0 unspecified atom stereocenters. The average molecular weight is 272 g/mol. The van der Waals surface area contributed by atoms with Crippen molar-refractivity contribution in [3.8, 4) is 0 Å². The van der Waals surface area contributed by atoms with Crippen LogP contribution in [0.3, 0.4) is 0 Å². The monoisotopic (exact) mass is 272 g/mol. The van der Waals surface area contributed by atoms with Gasteiger partial charge in [-0.25, -0.2) is 9.97 Å². The molecule has 108 valence electrons. The molecule has 0 aromatic carbocycles. The summed E-state index contributed by atoms with van der Waals surface area (Å²) in [5.41, 5.74) is 7.63. The summed E-state index contributed by atoms with van der Waals surface area (Å²) < 4.78 is 0. The van der Waals surface area contributed by atoms with Crippen LogP contribution in [0.2, 0.25) is 0 Å². The molecule has 0 amide bonds. The number of nitrogens with two attached hydrogens (primary N) is 1. The molecule has 4 heteroatoms. The first-order chi connectivity index (χ1) is 9.70. The van der Waals surface area contributed by atoms with Crippen LogP contribution in [0.4, 0.5) is 11.5 Å². The second-order valence-electron chi connectivity index (χ2n) is 7.20. The van der Waals surface area contributed by atoms with E-state index in [1.807, 2.05) is 6.92 Å². The molecular formula is C16H24N4. The summed E-state index contributed by atoms with van der Waals surface area (Å²) in [6.45, 7) is 2.97. The van der Waals surface area contributed by atoms with E-state index >= 15 is 0 Å². The van der Waals surface area contributed by atoms with Crippen molar-refractivity contribution < 1.29 is 0 Å². The van der Waals surface area contributed by atoms with Crippen molar-refractivity contribution in [1.29, 1.82) is 0 Å². The van der Waals surface area contributed by atoms with Gasteiger partial charge >= 0.3 is 0 Å². The molecule has 0 spiro atoms. The maximum atomic E-state index is 6.06. The zero-order chi connectivity index (χ0) is 13.7. The van der Waals surface area contributed by atoms with Gasteiger partial charge in [-0.05, 0) is 68.6 Å². The van der Waals surface area contributed by atoms with Gasteiger partial charge in [0.2, 0.25) is 0 Å². The molecule has 1 aromatic heterocycles. The molecule has 4 aliphatic rings. The topological polar surface area (TPSA) is 63.8 Å². The Labute approximate surface area is 120 Å². The number of aryl methyl sites for hydroxylation is 1. The third-order valence-electron chi connectivity index (χ3n) is 6.01. The van der Waals surface area contributed by atoms with Crippen LogP contribution in [0.1, 0.15) is 37.8 Å². The SMILES string of the molecule is Cc1ncnc(NCC2C3CC4CC(C3)CC2C4)c1N. The first kappa shape index (κ1) is 12.4. The Kier molecular flexibility index (Phi) is 2.86. The number of hydrogen-bond donors (Lipinski definition) is 2. The highest BCUT2D eigenvalue weighted by molar-refractivity contribution is 5.62. The second-order valence-corrected chi connectivity index (χ2v) is 7.20. The van der Waals surface area contributed by atoms with E-state index in [1.165, 1.54) is 32.1 Å². The normalized spacial score (nSPS) is 38.1. The molecule has 4 bridgehead atoms. The fraction of sp³-hybridized carbons (Fsp3) is 0.750. The van der Waals surface area contributed by atoms with Gasteiger partial charge in [0.25, 0.3) is 0 Å². The van der Waals surface area contributed by atoms with E-state index in [9.17, 15) is 0 Å². The first-order valence-electron chi connectivity index (χ1n) is 8.01. The van der Waals surface area contributed by atoms with Crippen LogP contribution in [0.5, 0.6) is 0 Å². The molecule has 4 nitrogen and oxygen atoms in total. The van der Waals surface area contributed by atoms with Crippen molar-refractivity contribution in [1.82, 2.24) is 9.97 Å². The third kappa shape index (κ3) is 1.97. The highest BCUT2D eigenvalue weighted by atomic mass is 15.0.